The van der Waals surface area contributed by atoms with Gasteiger partial charge in [0.2, 0.25) is 0 Å². The summed E-state index contributed by atoms with van der Waals surface area (Å²) < 4.78 is 5.33. The van der Waals surface area contributed by atoms with Crippen LogP contribution < -0.4 is 11.1 Å². The summed E-state index contributed by atoms with van der Waals surface area (Å²) in [5, 5.41) is 3.32. The van der Waals surface area contributed by atoms with Gasteiger partial charge in [-0.2, -0.15) is 0 Å². The number of oxazole rings is 1. The topological polar surface area (TPSA) is 64.1 Å². The maximum Gasteiger partial charge on any atom is 0.181 e. The molecule has 1 aromatic carbocycles. The third-order valence-corrected chi connectivity index (χ3v) is 3.28. The van der Waals surface area contributed by atoms with Gasteiger partial charge in [-0.3, -0.25) is 0 Å². The molecule has 17 heavy (non-hydrogen) atoms. The monoisotopic (exact) mass is 233 g/mol. The third-order valence-electron chi connectivity index (χ3n) is 3.28. The van der Waals surface area contributed by atoms with Gasteiger partial charge in [-0.05, 0) is 36.7 Å². The fourth-order valence-electron chi connectivity index (χ4n) is 2.18. The lowest BCUT2D eigenvalue weighted by Gasteiger charge is -2.33. The van der Waals surface area contributed by atoms with Gasteiger partial charge in [0, 0.05) is 6.04 Å². The molecule has 0 spiro atoms. The summed E-state index contributed by atoms with van der Waals surface area (Å²) in [6.07, 6.45) is 1.47. The minimum Gasteiger partial charge on any atom is -0.443 e. The van der Waals surface area contributed by atoms with E-state index in [4.69, 9.17) is 10.2 Å². The van der Waals surface area contributed by atoms with E-state index in [-0.39, 0.29) is 11.5 Å². The summed E-state index contributed by atoms with van der Waals surface area (Å²) in [7, 11) is 1.95. The number of aromatic nitrogens is 1. The van der Waals surface area contributed by atoms with Crippen molar-refractivity contribution in [3.8, 4) is 0 Å². The molecule has 4 nitrogen and oxygen atoms in total. The van der Waals surface area contributed by atoms with Crippen LogP contribution in [0.3, 0.4) is 0 Å². The minimum absolute atomic E-state index is 0.0115. The molecular formula is C13H19N3O. The highest BCUT2D eigenvalue weighted by molar-refractivity contribution is 5.72. The quantitative estimate of drug-likeness (QED) is 0.848. The fourth-order valence-corrected chi connectivity index (χ4v) is 2.18. The SMILES string of the molecule is CNC(c1ccc2ncoc2c1)C(C)(C)CN. The molecule has 2 aromatic rings. The van der Waals surface area contributed by atoms with Crippen molar-refractivity contribution in [2.75, 3.05) is 13.6 Å². The molecule has 0 radical (unpaired) electrons. The Bertz CT molecular complexity index is 504. The lowest BCUT2D eigenvalue weighted by atomic mass is 9.80. The molecule has 0 saturated heterocycles. The molecule has 0 fully saturated rings. The number of nitrogens with zero attached hydrogens (tertiary/aromatic N) is 1. The van der Waals surface area contributed by atoms with Gasteiger partial charge >= 0.3 is 0 Å². The zero-order valence-electron chi connectivity index (χ0n) is 10.5. The zero-order chi connectivity index (χ0) is 12.5. The molecule has 0 amide bonds. The van der Waals surface area contributed by atoms with Crippen LogP contribution in [-0.4, -0.2) is 18.6 Å². The maximum atomic E-state index is 5.84. The summed E-state index contributed by atoms with van der Waals surface area (Å²) in [5.74, 6) is 0. The molecule has 0 saturated carbocycles. The van der Waals surface area contributed by atoms with Crippen LogP contribution in [0.25, 0.3) is 11.1 Å². The van der Waals surface area contributed by atoms with Crippen molar-refractivity contribution in [3.63, 3.8) is 0 Å². The first-order valence-corrected chi connectivity index (χ1v) is 5.79. The predicted molar refractivity (Wildman–Crippen MR) is 68.6 cm³/mol. The average molecular weight is 233 g/mol. The number of nitrogens with one attached hydrogen (secondary N) is 1. The Morgan fingerprint density at radius 2 is 2.24 bits per heavy atom. The molecular weight excluding hydrogens is 214 g/mol. The number of rotatable bonds is 4. The van der Waals surface area contributed by atoms with Crippen molar-refractivity contribution in [1.82, 2.24) is 10.3 Å². The Kier molecular flexibility index (Phi) is 3.17. The molecule has 1 aromatic heterocycles. The summed E-state index contributed by atoms with van der Waals surface area (Å²) in [6, 6.07) is 6.28. The van der Waals surface area contributed by atoms with Crippen LogP contribution >= 0.6 is 0 Å². The molecule has 92 valence electrons. The number of hydrogen-bond acceptors (Lipinski definition) is 4. The van der Waals surface area contributed by atoms with Gasteiger partial charge in [-0.1, -0.05) is 19.9 Å². The molecule has 1 unspecified atom stereocenters. The molecule has 1 heterocycles. The van der Waals surface area contributed by atoms with E-state index in [2.05, 4.69) is 30.2 Å². The van der Waals surface area contributed by atoms with E-state index in [0.717, 1.165) is 11.1 Å². The summed E-state index contributed by atoms with van der Waals surface area (Å²) in [5.41, 5.74) is 8.70. The number of benzene rings is 1. The lowest BCUT2D eigenvalue weighted by molar-refractivity contribution is 0.265. The van der Waals surface area contributed by atoms with Crippen LogP contribution in [0.1, 0.15) is 25.5 Å². The van der Waals surface area contributed by atoms with Crippen molar-refractivity contribution in [2.24, 2.45) is 11.1 Å². The molecule has 0 aliphatic carbocycles. The molecule has 3 N–H and O–H groups in total. The highest BCUT2D eigenvalue weighted by Crippen LogP contribution is 2.33. The second-order valence-electron chi connectivity index (χ2n) is 4.99. The Balaban J connectivity index is 2.42. The largest absolute Gasteiger partial charge is 0.443 e. The molecule has 0 bridgehead atoms. The van der Waals surface area contributed by atoms with Gasteiger partial charge in [0.25, 0.3) is 0 Å². The second kappa shape index (κ2) is 4.47. The van der Waals surface area contributed by atoms with Crippen LogP contribution in [0.15, 0.2) is 29.0 Å². The molecule has 0 aliphatic rings. The minimum atomic E-state index is -0.0115. The van der Waals surface area contributed by atoms with Gasteiger partial charge in [-0.15, -0.1) is 0 Å². The van der Waals surface area contributed by atoms with E-state index in [9.17, 15) is 0 Å². The first kappa shape index (κ1) is 12.1. The second-order valence-corrected chi connectivity index (χ2v) is 4.99. The summed E-state index contributed by atoms with van der Waals surface area (Å²) in [6.45, 7) is 4.92. The van der Waals surface area contributed by atoms with Crippen LogP contribution in [0, 0.1) is 5.41 Å². The Hall–Kier alpha value is -1.39. The van der Waals surface area contributed by atoms with Crippen molar-refractivity contribution < 1.29 is 4.42 Å². The smallest absolute Gasteiger partial charge is 0.181 e. The Morgan fingerprint density at radius 3 is 2.88 bits per heavy atom. The highest BCUT2D eigenvalue weighted by atomic mass is 16.3. The van der Waals surface area contributed by atoms with Gasteiger partial charge in [-0.25, -0.2) is 4.98 Å². The van der Waals surface area contributed by atoms with Crippen molar-refractivity contribution in [1.29, 1.82) is 0 Å². The van der Waals surface area contributed by atoms with E-state index in [1.165, 1.54) is 12.0 Å². The Labute approximate surface area is 101 Å². The standard InChI is InChI=1S/C13H19N3O/c1-13(2,7-14)12(15-3)9-4-5-10-11(6-9)17-8-16-10/h4-6,8,12,15H,7,14H2,1-3H3. The molecule has 2 rings (SSSR count). The zero-order valence-corrected chi connectivity index (χ0v) is 10.5. The first-order valence-electron chi connectivity index (χ1n) is 5.79. The van der Waals surface area contributed by atoms with Crippen molar-refractivity contribution >= 4 is 11.1 Å². The van der Waals surface area contributed by atoms with E-state index >= 15 is 0 Å². The van der Waals surface area contributed by atoms with Crippen LogP contribution in [0.5, 0.6) is 0 Å². The van der Waals surface area contributed by atoms with Gasteiger partial charge in [0.15, 0.2) is 12.0 Å². The summed E-state index contributed by atoms with van der Waals surface area (Å²) >= 11 is 0. The Morgan fingerprint density at radius 1 is 1.47 bits per heavy atom. The van der Waals surface area contributed by atoms with Gasteiger partial charge in [0.1, 0.15) is 5.52 Å². The average Bonchev–Trinajstić information content (AvgIpc) is 2.77. The van der Waals surface area contributed by atoms with E-state index in [0.29, 0.717) is 6.54 Å². The normalized spacial score (nSPS) is 14.1. The van der Waals surface area contributed by atoms with E-state index in [1.54, 1.807) is 0 Å². The first-order chi connectivity index (χ1) is 8.08. The molecule has 1 atom stereocenters. The highest BCUT2D eigenvalue weighted by Gasteiger charge is 2.28. The van der Waals surface area contributed by atoms with Gasteiger partial charge < -0.3 is 15.5 Å². The number of fused-ring (bicyclic) bond motifs is 1. The lowest BCUT2D eigenvalue weighted by Crippen LogP contribution is -2.37. The number of nitrogens with two attached hydrogens (primary N) is 1. The predicted octanol–water partition coefficient (Wildman–Crippen LogP) is 2.07. The van der Waals surface area contributed by atoms with Crippen LogP contribution in [0.2, 0.25) is 0 Å². The van der Waals surface area contributed by atoms with E-state index < -0.39 is 0 Å². The van der Waals surface area contributed by atoms with E-state index in [1.807, 2.05) is 19.2 Å². The fraction of sp³-hybridized carbons (Fsp3) is 0.462. The van der Waals surface area contributed by atoms with Gasteiger partial charge in [0.05, 0.1) is 0 Å². The van der Waals surface area contributed by atoms with Crippen molar-refractivity contribution in [3.05, 3.63) is 30.2 Å². The maximum absolute atomic E-state index is 5.84. The van der Waals surface area contributed by atoms with Crippen LogP contribution in [-0.2, 0) is 0 Å². The number of hydrogen-bond donors (Lipinski definition) is 2. The molecule has 4 heteroatoms. The van der Waals surface area contributed by atoms with Crippen molar-refractivity contribution in [2.45, 2.75) is 19.9 Å². The molecule has 0 aliphatic heterocycles. The summed E-state index contributed by atoms with van der Waals surface area (Å²) in [4.78, 5) is 4.12. The third kappa shape index (κ3) is 2.18. The van der Waals surface area contributed by atoms with Crippen LogP contribution in [0.4, 0.5) is 0 Å².